The summed E-state index contributed by atoms with van der Waals surface area (Å²) in [6, 6.07) is 28.6. The van der Waals surface area contributed by atoms with E-state index in [1.807, 2.05) is 60.7 Å². The van der Waals surface area contributed by atoms with Crippen LogP contribution in [0, 0.1) is 10.8 Å². The standard InChI is InChI=1S/C37H25N5/c38-28-19-18-27-33(34(28)39)32-26(12-7-13-31(32)42-35(27)23-10-5-2-6-11-23)30-21-17-25-15-14-24-16-20-29(22-8-3-1-4-9-22)40-36(24)37(25)41-30/h2-3,5-21,38-39H,1,4H2. The number of allylic oxidation sites excluding steroid dienone is 5. The molecule has 2 aliphatic carbocycles. The highest BCUT2D eigenvalue weighted by Crippen LogP contribution is 2.39. The maximum Gasteiger partial charge on any atom is 0.0972 e. The van der Waals surface area contributed by atoms with Crippen molar-refractivity contribution in [2.24, 2.45) is 0 Å². The third-order valence-corrected chi connectivity index (χ3v) is 8.12. The molecule has 2 N–H and O–H groups in total. The van der Waals surface area contributed by atoms with Gasteiger partial charge in [0.1, 0.15) is 0 Å². The van der Waals surface area contributed by atoms with Gasteiger partial charge in [-0.25, -0.2) is 15.0 Å². The van der Waals surface area contributed by atoms with Crippen LogP contribution in [0.25, 0.3) is 66.9 Å². The number of hydrogen-bond donors (Lipinski definition) is 2. The van der Waals surface area contributed by atoms with E-state index in [2.05, 4.69) is 48.6 Å². The molecular formula is C37H25N5. The van der Waals surface area contributed by atoms with Gasteiger partial charge in [0.15, 0.2) is 0 Å². The summed E-state index contributed by atoms with van der Waals surface area (Å²) < 4.78 is 0. The van der Waals surface area contributed by atoms with Gasteiger partial charge >= 0.3 is 0 Å². The van der Waals surface area contributed by atoms with Crippen LogP contribution in [-0.2, 0) is 0 Å². The van der Waals surface area contributed by atoms with Crippen LogP contribution in [0.1, 0.15) is 29.7 Å². The van der Waals surface area contributed by atoms with E-state index in [1.165, 1.54) is 0 Å². The molecule has 3 aromatic heterocycles. The molecular weight excluding hydrogens is 514 g/mol. The maximum atomic E-state index is 8.99. The zero-order valence-electron chi connectivity index (χ0n) is 22.7. The molecule has 0 radical (unpaired) electrons. The molecule has 2 aliphatic rings. The van der Waals surface area contributed by atoms with Crippen molar-refractivity contribution in [3.63, 3.8) is 0 Å². The van der Waals surface area contributed by atoms with Crippen molar-refractivity contribution >= 4 is 55.8 Å². The van der Waals surface area contributed by atoms with Gasteiger partial charge in [-0.1, -0.05) is 85.0 Å². The lowest BCUT2D eigenvalue weighted by Crippen LogP contribution is -2.18. The van der Waals surface area contributed by atoms with E-state index in [0.29, 0.717) is 0 Å². The summed E-state index contributed by atoms with van der Waals surface area (Å²) in [6.07, 6.45) is 12.3. The van der Waals surface area contributed by atoms with E-state index in [1.54, 1.807) is 6.08 Å². The molecule has 3 heterocycles. The molecule has 5 nitrogen and oxygen atoms in total. The first-order chi connectivity index (χ1) is 20.7. The Balaban J connectivity index is 1.39. The number of pyridine rings is 3. The van der Waals surface area contributed by atoms with Gasteiger partial charge in [-0.2, -0.15) is 0 Å². The zero-order valence-corrected chi connectivity index (χ0v) is 22.7. The van der Waals surface area contributed by atoms with E-state index < -0.39 is 0 Å². The second kappa shape index (κ2) is 9.53. The lowest BCUT2D eigenvalue weighted by molar-refractivity contribution is 1.04. The van der Waals surface area contributed by atoms with Crippen LogP contribution < -0.4 is 0 Å². The normalized spacial score (nSPS) is 14.5. The first kappa shape index (κ1) is 24.3. The molecule has 0 spiro atoms. The van der Waals surface area contributed by atoms with Gasteiger partial charge in [-0.05, 0) is 48.8 Å². The summed E-state index contributed by atoms with van der Waals surface area (Å²) in [5.74, 6) is 0. The minimum atomic E-state index is 0.184. The highest BCUT2D eigenvalue weighted by atomic mass is 14.8. The number of hydrogen-bond acceptors (Lipinski definition) is 5. The van der Waals surface area contributed by atoms with Crippen molar-refractivity contribution in [3.05, 3.63) is 126 Å². The van der Waals surface area contributed by atoms with Gasteiger partial charge in [-0.15, -0.1) is 0 Å². The molecule has 0 bridgehead atoms. The third kappa shape index (κ3) is 3.82. The predicted molar refractivity (Wildman–Crippen MR) is 173 cm³/mol. The topological polar surface area (TPSA) is 86.4 Å². The fourth-order valence-corrected chi connectivity index (χ4v) is 6.05. The minimum absolute atomic E-state index is 0.184. The molecule has 198 valence electrons. The number of nitrogens with zero attached hydrogens (tertiary/aromatic N) is 3. The molecule has 0 atom stereocenters. The number of nitrogens with one attached hydrogen (secondary N) is 2. The molecule has 3 aromatic carbocycles. The predicted octanol–water partition coefficient (Wildman–Crippen LogP) is 8.81. The van der Waals surface area contributed by atoms with E-state index in [9.17, 15) is 0 Å². The van der Waals surface area contributed by atoms with Crippen molar-refractivity contribution in [2.45, 2.75) is 12.8 Å². The summed E-state index contributed by atoms with van der Waals surface area (Å²) in [4.78, 5) is 15.4. The molecule has 0 saturated heterocycles. The largest absolute Gasteiger partial charge is 0.299 e. The molecule has 0 aliphatic heterocycles. The lowest BCUT2D eigenvalue weighted by atomic mass is 9.86. The van der Waals surface area contributed by atoms with Crippen molar-refractivity contribution < 1.29 is 0 Å². The molecule has 6 aromatic rings. The molecule has 0 saturated carbocycles. The van der Waals surface area contributed by atoms with Crippen LogP contribution in [0.5, 0.6) is 0 Å². The fraction of sp³-hybridized carbons (Fsp3) is 0.0541. The van der Waals surface area contributed by atoms with Gasteiger partial charge in [-0.3, -0.25) is 10.8 Å². The van der Waals surface area contributed by atoms with Crippen LogP contribution >= 0.6 is 0 Å². The second-order valence-corrected chi connectivity index (χ2v) is 10.7. The fourth-order valence-electron chi connectivity index (χ4n) is 6.05. The van der Waals surface area contributed by atoms with Crippen molar-refractivity contribution in [3.8, 4) is 22.5 Å². The van der Waals surface area contributed by atoms with Gasteiger partial charge in [0.2, 0.25) is 0 Å². The summed E-state index contributed by atoms with van der Waals surface area (Å²) in [7, 11) is 0. The van der Waals surface area contributed by atoms with E-state index in [0.717, 1.165) is 90.5 Å². The summed E-state index contributed by atoms with van der Waals surface area (Å²) in [6.45, 7) is 0. The first-order valence-electron chi connectivity index (χ1n) is 14.1. The lowest BCUT2D eigenvalue weighted by Gasteiger charge is -2.21. The van der Waals surface area contributed by atoms with Gasteiger partial charge < -0.3 is 0 Å². The first-order valence-corrected chi connectivity index (χ1v) is 14.1. The number of rotatable bonds is 3. The highest BCUT2D eigenvalue weighted by molar-refractivity contribution is 6.54. The molecule has 0 unspecified atom stereocenters. The Labute approximate surface area is 242 Å². The molecule has 0 fully saturated rings. The SMILES string of the molecule is N=C1C=Cc2c(-c3ccccc3)nc3cccc(-c4ccc5ccc6ccc(C7=CCCC=C7)nc6c5n4)c3c2C1=N. The third-order valence-electron chi connectivity index (χ3n) is 8.12. The van der Waals surface area contributed by atoms with Crippen LogP contribution in [-0.4, -0.2) is 26.4 Å². The number of fused-ring (bicyclic) bond motifs is 6. The summed E-state index contributed by atoms with van der Waals surface area (Å²) >= 11 is 0. The Bertz CT molecular complexity index is 2220. The van der Waals surface area contributed by atoms with Gasteiger partial charge in [0.25, 0.3) is 0 Å². The average Bonchev–Trinajstić information content (AvgIpc) is 3.06. The Kier molecular flexibility index (Phi) is 5.50. The molecule has 42 heavy (non-hydrogen) atoms. The Morgan fingerprint density at radius 3 is 2.12 bits per heavy atom. The smallest absolute Gasteiger partial charge is 0.0972 e. The second-order valence-electron chi connectivity index (χ2n) is 10.7. The maximum absolute atomic E-state index is 8.99. The Hall–Kier alpha value is -5.55. The molecule has 0 amide bonds. The number of benzene rings is 3. The van der Waals surface area contributed by atoms with Crippen LogP contribution in [0.4, 0.5) is 0 Å². The van der Waals surface area contributed by atoms with E-state index in [4.69, 9.17) is 25.8 Å². The van der Waals surface area contributed by atoms with Crippen molar-refractivity contribution in [2.75, 3.05) is 0 Å². The van der Waals surface area contributed by atoms with Crippen molar-refractivity contribution in [1.29, 1.82) is 10.8 Å². The van der Waals surface area contributed by atoms with Crippen LogP contribution in [0.2, 0.25) is 0 Å². The Morgan fingerprint density at radius 2 is 1.36 bits per heavy atom. The number of aromatic nitrogens is 3. The van der Waals surface area contributed by atoms with Gasteiger partial charge in [0, 0.05) is 38.4 Å². The average molecular weight is 540 g/mol. The van der Waals surface area contributed by atoms with E-state index in [-0.39, 0.29) is 11.4 Å². The monoisotopic (exact) mass is 539 g/mol. The Morgan fingerprint density at radius 1 is 0.619 bits per heavy atom. The summed E-state index contributed by atoms with van der Waals surface area (Å²) in [5, 5.41) is 20.4. The summed E-state index contributed by atoms with van der Waals surface area (Å²) in [5.41, 5.74) is 9.99. The molecule has 8 rings (SSSR count). The van der Waals surface area contributed by atoms with Crippen LogP contribution in [0.3, 0.4) is 0 Å². The highest BCUT2D eigenvalue weighted by Gasteiger charge is 2.25. The zero-order chi connectivity index (χ0) is 28.2. The quantitative estimate of drug-likeness (QED) is 0.220. The minimum Gasteiger partial charge on any atom is -0.299 e. The van der Waals surface area contributed by atoms with Gasteiger partial charge in [0.05, 0.1) is 45.1 Å². The van der Waals surface area contributed by atoms with Crippen molar-refractivity contribution in [1.82, 2.24) is 15.0 Å². The van der Waals surface area contributed by atoms with E-state index >= 15 is 0 Å². The molecule has 5 heteroatoms. The van der Waals surface area contributed by atoms with Crippen LogP contribution in [0.15, 0.2) is 109 Å².